The summed E-state index contributed by atoms with van der Waals surface area (Å²) in [4.78, 5) is 13.0. The highest BCUT2D eigenvalue weighted by Gasteiger charge is 2.30. The summed E-state index contributed by atoms with van der Waals surface area (Å²) in [6.45, 7) is 3.18. The minimum absolute atomic E-state index is 0.00352. The highest BCUT2D eigenvalue weighted by molar-refractivity contribution is 7.92. The SMILES string of the molecule is Cc1ccc(Cl)cc1N([C@@H](C)C(=O)Nc1ccc(S(=O)(=O)Nc2cccc3ccccc23)cc1)S(C)(=O)=O. The molecule has 0 saturated heterocycles. The van der Waals surface area contributed by atoms with Crippen molar-refractivity contribution in [3.63, 3.8) is 0 Å². The molecule has 0 spiro atoms. The Bertz CT molecular complexity index is 1720. The van der Waals surface area contributed by atoms with Crippen molar-refractivity contribution in [2.75, 3.05) is 20.6 Å². The van der Waals surface area contributed by atoms with E-state index in [1.165, 1.54) is 37.3 Å². The molecule has 1 amide bonds. The van der Waals surface area contributed by atoms with Crippen LogP contribution in [-0.2, 0) is 24.8 Å². The molecule has 4 aromatic carbocycles. The number of anilines is 3. The molecule has 0 bridgehead atoms. The van der Waals surface area contributed by atoms with Crippen LogP contribution in [0.15, 0.2) is 89.8 Å². The second kappa shape index (κ2) is 10.6. The van der Waals surface area contributed by atoms with Gasteiger partial charge in [-0.3, -0.25) is 13.8 Å². The van der Waals surface area contributed by atoms with E-state index in [2.05, 4.69) is 10.0 Å². The van der Waals surface area contributed by atoms with Gasteiger partial charge in [-0.25, -0.2) is 16.8 Å². The van der Waals surface area contributed by atoms with E-state index in [0.29, 0.717) is 27.6 Å². The molecule has 8 nitrogen and oxygen atoms in total. The number of amides is 1. The molecule has 0 aliphatic heterocycles. The number of carbonyl (C=O) groups excluding carboxylic acids is 1. The van der Waals surface area contributed by atoms with Gasteiger partial charge in [-0.15, -0.1) is 0 Å². The van der Waals surface area contributed by atoms with Gasteiger partial charge in [0.2, 0.25) is 15.9 Å². The Morgan fingerprint density at radius 2 is 1.55 bits per heavy atom. The molecule has 4 aromatic rings. The summed E-state index contributed by atoms with van der Waals surface area (Å²) in [7, 11) is -7.75. The number of hydrogen-bond acceptors (Lipinski definition) is 5. The summed E-state index contributed by atoms with van der Waals surface area (Å²) < 4.78 is 54.9. The summed E-state index contributed by atoms with van der Waals surface area (Å²) in [5, 5.41) is 4.66. The van der Waals surface area contributed by atoms with Crippen LogP contribution in [0.2, 0.25) is 5.02 Å². The van der Waals surface area contributed by atoms with Gasteiger partial charge in [0, 0.05) is 16.1 Å². The predicted octanol–water partition coefficient (Wildman–Crippen LogP) is 5.40. The number of hydrogen-bond donors (Lipinski definition) is 2. The third-order valence-electron chi connectivity index (χ3n) is 5.96. The van der Waals surface area contributed by atoms with Gasteiger partial charge < -0.3 is 5.32 Å². The van der Waals surface area contributed by atoms with E-state index in [-0.39, 0.29) is 4.90 Å². The number of rotatable bonds is 8. The lowest BCUT2D eigenvalue weighted by Crippen LogP contribution is -2.45. The molecule has 0 unspecified atom stereocenters. The first-order valence-corrected chi connectivity index (χ1v) is 15.2. The number of fused-ring (bicyclic) bond motifs is 1. The van der Waals surface area contributed by atoms with Crippen LogP contribution in [0, 0.1) is 6.92 Å². The van der Waals surface area contributed by atoms with Crippen LogP contribution in [0.25, 0.3) is 10.8 Å². The highest BCUT2D eigenvalue weighted by Crippen LogP contribution is 2.29. The molecule has 0 radical (unpaired) electrons. The molecule has 0 fully saturated rings. The maximum atomic E-state index is 13.0. The molecule has 11 heteroatoms. The van der Waals surface area contributed by atoms with Crippen LogP contribution >= 0.6 is 11.6 Å². The number of halogens is 1. The predicted molar refractivity (Wildman–Crippen MR) is 153 cm³/mol. The summed E-state index contributed by atoms with van der Waals surface area (Å²) in [5.74, 6) is -0.598. The number of nitrogens with zero attached hydrogens (tertiary/aromatic N) is 1. The molecule has 0 aliphatic rings. The lowest BCUT2D eigenvalue weighted by atomic mass is 10.1. The smallest absolute Gasteiger partial charge is 0.261 e. The Morgan fingerprint density at radius 3 is 2.24 bits per heavy atom. The van der Waals surface area contributed by atoms with Gasteiger partial charge in [-0.05, 0) is 67.3 Å². The molecule has 0 aliphatic carbocycles. The van der Waals surface area contributed by atoms with E-state index in [1.807, 2.05) is 30.3 Å². The minimum atomic E-state index is -3.91. The molecular formula is C27H26ClN3O5S2. The molecule has 0 saturated carbocycles. The third-order valence-corrected chi connectivity index (χ3v) is 8.81. The standard InChI is InChI=1S/C27H26ClN3O5S2/c1-18-11-12-21(28)17-26(18)31(37(3,33)34)19(2)27(32)29-22-13-15-23(16-14-22)38(35,36)30-25-10-6-8-20-7-4-5-9-24(20)25/h4-17,19,30H,1-3H3,(H,29,32)/t19-/m0/s1. The molecule has 4 rings (SSSR count). The van der Waals surface area contributed by atoms with Crippen LogP contribution in [0.1, 0.15) is 12.5 Å². The number of benzene rings is 4. The first-order chi connectivity index (χ1) is 17.9. The second-order valence-electron chi connectivity index (χ2n) is 8.81. The Labute approximate surface area is 227 Å². The maximum absolute atomic E-state index is 13.0. The van der Waals surface area contributed by atoms with Crippen LogP contribution in [0.5, 0.6) is 0 Å². The van der Waals surface area contributed by atoms with E-state index in [9.17, 15) is 21.6 Å². The van der Waals surface area contributed by atoms with Crippen molar-refractivity contribution < 1.29 is 21.6 Å². The molecule has 0 heterocycles. The summed E-state index contributed by atoms with van der Waals surface area (Å²) in [6, 6.07) is 22.1. The van der Waals surface area contributed by atoms with Crippen LogP contribution in [0.4, 0.5) is 17.1 Å². The normalized spacial score (nSPS) is 12.6. The van der Waals surface area contributed by atoms with E-state index in [0.717, 1.165) is 21.3 Å². The largest absolute Gasteiger partial charge is 0.324 e. The van der Waals surface area contributed by atoms with Crippen molar-refractivity contribution in [2.24, 2.45) is 0 Å². The molecular weight excluding hydrogens is 546 g/mol. The van der Waals surface area contributed by atoms with Gasteiger partial charge in [0.1, 0.15) is 6.04 Å². The maximum Gasteiger partial charge on any atom is 0.261 e. The van der Waals surface area contributed by atoms with Gasteiger partial charge in [0.25, 0.3) is 10.0 Å². The fourth-order valence-corrected chi connectivity index (χ4v) is 6.55. The summed E-state index contributed by atoms with van der Waals surface area (Å²) in [5.41, 5.74) is 1.69. The average molecular weight is 572 g/mol. The highest BCUT2D eigenvalue weighted by atomic mass is 35.5. The number of sulfonamides is 2. The zero-order chi connectivity index (χ0) is 27.7. The summed E-state index contributed by atoms with van der Waals surface area (Å²) in [6.07, 6.45) is 1.01. The lowest BCUT2D eigenvalue weighted by Gasteiger charge is -2.29. The van der Waals surface area contributed by atoms with Crippen molar-refractivity contribution in [3.05, 3.63) is 95.5 Å². The van der Waals surface area contributed by atoms with Gasteiger partial charge >= 0.3 is 0 Å². The molecule has 2 N–H and O–H groups in total. The topological polar surface area (TPSA) is 113 Å². The first kappa shape index (κ1) is 27.4. The van der Waals surface area contributed by atoms with E-state index >= 15 is 0 Å². The van der Waals surface area contributed by atoms with E-state index in [1.54, 1.807) is 31.2 Å². The van der Waals surface area contributed by atoms with Gasteiger partial charge in [0.05, 0.1) is 22.5 Å². The first-order valence-electron chi connectivity index (χ1n) is 11.5. The van der Waals surface area contributed by atoms with Crippen molar-refractivity contribution in [1.29, 1.82) is 0 Å². The zero-order valence-electron chi connectivity index (χ0n) is 20.8. The van der Waals surface area contributed by atoms with Gasteiger partial charge in [0.15, 0.2) is 0 Å². The Kier molecular flexibility index (Phi) is 7.68. The van der Waals surface area contributed by atoms with Crippen LogP contribution in [0.3, 0.4) is 0 Å². The second-order valence-corrected chi connectivity index (χ2v) is 12.8. The molecule has 0 aromatic heterocycles. The van der Waals surface area contributed by atoms with Gasteiger partial charge in [-0.1, -0.05) is 54.1 Å². The van der Waals surface area contributed by atoms with Crippen LogP contribution < -0.4 is 14.3 Å². The number of aryl methyl sites for hydroxylation is 1. The van der Waals surface area contributed by atoms with Crippen molar-refractivity contribution >= 4 is 65.4 Å². The molecule has 38 heavy (non-hydrogen) atoms. The lowest BCUT2D eigenvalue weighted by molar-refractivity contribution is -0.116. The zero-order valence-corrected chi connectivity index (χ0v) is 23.2. The molecule has 198 valence electrons. The fourth-order valence-electron chi connectivity index (χ4n) is 4.08. The summed E-state index contributed by atoms with van der Waals surface area (Å²) >= 11 is 6.08. The average Bonchev–Trinajstić information content (AvgIpc) is 2.86. The third kappa shape index (κ3) is 5.93. The Morgan fingerprint density at radius 1 is 0.895 bits per heavy atom. The van der Waals surface area contributed by atoms with Crippen molar-refractivity contribution in [3.8, 4) is 0 Å². The Hall–Kier alpha value is -3.60. The van der Waals surface area contributed by atoms with E-state index in [4.69, 9.17) is 11.6 Å². The molecule has 1 atom stereocenters. The minimum Gasteiger partial charge on any atom is -0.324 e. The van der Waals surface area contributed by atoms with Gasteiger partial charge in [-0.2, -0.15) is 0 Å². The van der Waals surface area contributed by atoms with E-state index < -0.39 is 32.0 Å². The number of nitrogens with one attached hydrogen (secondary N) is 2. The van der Waals surface area contributed by atoms with Crippen LogP contribution in [-0.4, -0.2) is 35.0 Å². The quantitative estimate of drug-likeness (QED) is 0.294. The fraction of sp³-hybridized carbons (Fsp3) is 0.148. The number of carbonyl (C=O) groups is 1. The Balaban J connectivity index is 1.53. The van der Waals surface area contributed by atoms with Crippen molar-refractivity contribution in [2.45, 2.75) is 24.8 Å². The monoisotopic (exact) mass is 571 g/mol. The van der Waals surface area contributed by atoms with Crippen molar-refractivity contribution in [1.82, 2.24) is 0 Å².